The highest BCUT2D eigenvalue weighted by Gasteiger charge is 2.30. The Kier molecular flexibility index (Phi) is 7.15. The summed E-state index contributed by atoms with van der Waals surface area (Å²) in [6.07, 6.45) is 7.64. The van der Waals surface area contributed by atoms with E-state index in [1.807, 2.05) is 65.7 Å². The topological polar surface area (TPSA) is 109 Å². The third-order valence-electron chi connectivity index (χ3n) is 8.49. The maximum atomic E-state index is 13.5. The van der Waals surface area contributed by atoms with E-state index in [2.05, 4.69) is 42.3 Å². The van der Waals surface area contributed by atoms with Crippen molar-refractivity contribution in [3.63, 3.8) is 0 Å². The predicted molar refractivity (Wildman–Crippen MR) is 165 cm³/mol. The molecule has 0 aliphatic carbocycles. The highest BCUT2D eigenvalue weighted by atomic mass is 16.2. The van der Waals surface area contributed by atoms with Gasteiger partial charge in [0.1, 0.15) is 11.5 Å². The number of likely N-dealkylation sites (tertiary alicyclic amines) is 1. The molecule has 1 amide bonds. The molecule has 1 atom stereocenters. The molecule has 0 spiro atoms. The van der Waals surface area contributed by atoms with Crippen LogP contribution in [0.1, 0.15) is 23.3 Å². The lowest BCUT2D eigenvalue weighted by Gasteiger charge is -2.42. The van der Waals surface area contributed by atoms with Crippen LogP contribution in [0.15, 0.2) is 73.2 Å². The van der Waals surface area contributed by atoms with Crippen molar-refractivity contribution >= 4 is 28.3 Å². The van der Waals surface area contributed by atoms with Crippen molar-refractivity contribution in [1.82, 2.24) is 39.8 Å². The fraction of sp³-hybridized carbons (Fsp3) is 0.312. The van der Waals surface area contributed by atoms with E-state index in [9.17, 15) is 4.79 Å². The summed E-state index contributed by atoms with van der Waals surface area (Å²) in [5.74, 6) is 1.40. The number of fused-ring (bicyclic) bond motifs is 1. The van der Waals surface area contributed by atoms with Gasteiger partial charge >= 0.3 is 0 Å². The number of piperazine rings is 1. The van der Waals surface area contributed by atoms with Gasteiger partial charge in [0, 0.05) is 85.4 Å². The van der Waals surface area contributed by atoms with Crippen LogP contribution in [0.2, 0.25) is 0 Å². The first-order valence-electron chi connectivity index (χ1n) is 14.6. The molecule has 3 N–H and O–H groups in total. The van der Waals surface area contributed by atoms with Gasteiger partial charge in [-0.25, -0.2) is 9.97 Å². The van der Waals surface area contributed by atoms with Crippen molar-refractivity contribution < 1.29 is 4.79 Å². The van der Waals surface area contributed by atoms with E-state index in [-0.39, 0.29) is 5.91 Å². The molecule has 2 aliphatic rings. The Labute approximate surface area is 244 Å². The summed E-state index contributed by atoms with van der Waals surface area (Å²) in [7, 11) is 2.18. The second kappa shape index (κ2) is 11.4. The zero-order valence-corrected chi connectivity index (χ0v) is 23.8. The van der Waals surface area contributed by atoms with Crippen molar-refractivity contribution in [2.75, 3.05) is 51.6 Å². The van der Waals surface area contributed by atoms with Gasteiger partial charge in [-0.05, 0) is 55.8 Å². The van der Waals surface area contributed by atoms with Gasteiger partial charge in [0.15, 0.2) is 5.82 Å². The standard InChI is InChI=1S/C32H35N9O/c1-39-13-15-40(16-14-39)27-3-2-12-41(21-27)32(42)29-17-23-4-5-24(18-28(23)37-29)31-33-11-10-30(38-31)36-26-8-6-22(7-9-26)25-19-34-35-20-25/h4-11,17-20,27,37H,2-3,12-16,21H2,1H3,(H,34,35)(H,33,36,38). The fourth-order valence-corrected chi connectivity index (χ4v) is 6.05. The monoisotopic (exact) mass is 561 g/mol. The van der Waals surface area contributed by atoms with Crippen LogP contribution in [-0.2, 0) is 0 Å². The lowest BCUT2D eigenvalue weighted by molar-refractivity contribution is 0.0454. The minimum Gasteiger partial charge on any atom is -0.351 e. The Morgan fingerprint density at radius 1 is 0.952 bits per heavy atom. The Morgan fingerprint density at radius 2 is 1.79 bits per heavy atom. The van der Waals surface area contributed by atoms with Crippen LogP contribution in [-0.4, -0.2) is 98.1 Å². The number of H-pyrrole nitrogens is 2. The minimum atomic E-state index is 0.0767. The van der Waals surface area contributed by atoms with Crippen molar-refractivity contribution in [3.8, 4) is 22.5 Å². The molecule has 2 saturated heterocycles. The summed E-state index contributed by atoms with van der Waals surface area (Å²) in [5, 5.41) is 11.2. The van der Waals surface area contributed by atoms with Crippen molar-refractivity contribution in [1.29, 1.82) is 0 Å². The van der Waals surface area contributed by atoms with E-state index < -0.39 is 0 Å². The van der Waals surface area contributed by atoms with E-state index in [0.717, 1.165) is 85.4 Å². The molecule has 2 fully saturated rings. The number of aromatic amines is 2. The molecule has 5 heterocycles. The van der Waals surface area contributed by atoms with Crippen LogP contribution in [0.5, 0.6) is 0 Å². The largest absolute Gasteiger partial charge is 0.351 e. The molecule has 3 aromatic heterocycles. The SMILES string of the molecule is CN1CCN(C2CCCN(C(=O)c3cc4ccc(-c5nccc(Nc6ccc(-c7cn[nH]c7)cc6)n5)cc4[nH]3)C2)CC1. The number of piperidine rings is 1. The molecule has 1 unspecified atom stereocenters. The summed E-state index contributed by atoms with van der Waals surface area (Å²) < 4.78 is 0. The molecule has 0 saturated carbocycles. The Morgan fingerprint density at radius 3 is 2.60 bits per heavy atom. The average molecular weight is 562 g/mol. The predicted octanol–water partition coefficient (Wildman–Crippen LogP) is 4.61. The summed E-state index contributed by atoms with van der Waals surface area (Å²) in [5.41, 5.74) is 5.49. The number of carbonyl (C=O) groups is 1. The fourth-order valence-electron chi connectivity index (χ4n) is 6.05. The van der Waals surface area contributed by atoms with Gasteiger partial charge < -0.3 is 20.1 Å². The number of likely N-dealkylation sites (N-methyl/N-ethyl adjacent to an activating group) is 1. The Bertz CT molecular complexity index is 1670. The second-order valence-corrected chi connectivity index (χ2v) is 11.3. The Hall–Kier alpha value is -4.54. The first kappa shape index (κ1) is 26.4. The maximum absolute atomic E-state index is 13.5. The van der Waals surface area contributed by atoms with Gasteiger partial charge in [0.25, 0.3) is 5.91 Å². The number of rotatable bonds is 6. The van der Waals surface area contributed by atoms with Gasteiger partial charge in [0.2, 0.25) is 0 Å². The molecule has 2 aromatic carbocycles. The molecule has 10 nitrogen and oxygen atoms in total. The lowest BCUT2D eigenvalue weighted by Crippen LogP contribution is -2.55. The summed E-state index contributed by atoms with van der Waals surface area (Å²) in [6, 6.07) is 18.4. The molecule has 2 aliphatic heterocycles. The lowest BCUT2D eigenvalue weighted by atomic mass is 10.0. The molecule has 0 bridgehead atoms. The van der Waals surface area contributed by atoms with Crippen LogP contribution < -0.4 is 5.32 Å². The molecule has 10 heteroatoms. The number of hydrogen-bond donors (Lipinski definition) is 3. The molecular formula is C32H35N9O. The number of nitrogens with zero attached hydrogens (tertiary/aromatic N) is 6. The highest BCUT2D eigenvalue weighted by molar-refractivity contribution is 5.98. The maximum Gasteiger partial charge on any atom is 0.270 e. The first-order valence-corrected chi connectivity index (χ1v) is 14.6. The van der Waals surface area contributed by atoms with Crippen LogP contribution in [0.4, 0.5) is 11.5 Å². The van der Waals surface area contributed by atoms with E-state index in [0.29, 0.717) is 23.4 Å². The third kappa shape index (κ3) is 5.50. The van der Waals surface area contributed by atoms with Gasteiger partial charge in [-0.3, -0.25) is 14.8 Å². The van der Waals surface area contributed by atoms with Gasteiger partial charge in [0.05, 0.1) is 6.20 Å². The zero-order valence-electron chi connectivity index (χ0n) is 23.8. The van der Waals surface area contributed by atoms with Gasteiger partial charge in [-0.15, -0.1) is 0 Å². The first-order chi connectivity index (χ1) is 20.6. The normalized spacial score (nSPS) is 18.4. The smallest absolute Gasteiger partial charge is 0.270 e. The summed E-state index contributed by atoms with van der Waals surface area (Å²) in [4.78, 5) is 33.2. The van der Waals surface area contributed by atoms with Crippen molar-refractivity contribution in [3.05, 3.63) is 78.9 Å². The number of anilines is 2. The van der Waals surface area contributed by atoms with Crippen molar-refractivity contribution in [2.45, 2.75) is 18.9 Å². The average Bonchev–Trinajstić information content (AvgIpc) is 3.72. The summed E-state index contributed by atoms with van der Waals surface area (Å²) >= 11 is 0. The van der Waals surface area contributed by atoms with Crippen LogP contribution in [0, 0.1) is 0 Å². The number of nitrogens with one attached hydrogen (secondary N) is 3. The van der Waals surface area contributed by atoms with Crippen LogP contribution in [0.3, 0.4) is 0 Å². The second-order valence-electron chi connectivity index (χ2n) is 11.3. The molecule has 214 valence electrons. The molecule has 42 heavy (non-hydrogen) atoms. The number of hydrogen-bond acceptors (Lipinski definition) is 7. The number of aromatic nitrogens is 5. The number of amides is 1. The Balaban J connectivity index is 1.05. The van der Waals surface area contributed by atoms with Gasteiger partial charge in [-0.1, -0.05) is 24.3 Å². The minimum absolute atomic E-state index is 0.0767. The van der Waals surface area contributed by atoms with Gasteiger partial charge in [-0.2, -0.15) is 5.10 Å². The number of carbonyl (C=O) groups excluding carboxylic acids is 1. The number of benzene rings is 2. The highest BCUT2D eigenvalue weighted by Crippen LogP contribution is 2.27. The van der Waals surface area contributed by atoms with Crippen LogP contribution in [0.25, 0.3) is 33.4 Å². The molecule has 7 rings (SSSR count). The molecule has 5 aromatic rings. The molecule has 0 radical (unpaired) electrons. The van der Waals surface area contributed by atoms with E-state index >= 15 is 0 Å². The zero-order chi connectivity index (χ0) is 28.5. The van der Waals surface area contributed by atoms with Crippen LogP contribution >= 0.6 is 0 Å². The van der Waals surface area contributed by atoms with Crippen molar-refractivity contribution in [2.24, 2.45) is 0 Å². The summed E-state index contributed by atoms with van der Waals surface area (Å²) in [6.45, 7) is 5.95. The third-order valence-corrected chi connectivity index (χ3v) is 8.49. The molecular weight excluding hydrogens is 526 g/mol. The quantitative estimate of drug-likeness (QED) is 0.278. The van der Waals surface area contributed by atoms with E-state index in [4.69, 9.17) is 4.98 Å². The van der Waals surface area contributed by atoms with E-state index in [1.165, 1.54) is 0 Å². The van der Waals surface area contributed by atoms with E-state index in [1.54, 1.807) is 12.4 Å².